The minimum absolute atomic E-state index is 0.223. The molecule has 2 heterocycles. The lowest BCUT2D eigenvalue weighted by molar-refractivity contribution is 0.0490. The number of nitrogens with zero attached hydrogens (tertiary/aromatic N) is 3. The summed E-state index contributed by atoms with van der Waals surface area (Å²) < 4.78 is 5.06. The van der Waals surface area contributed by atoms with Crippen LogP contribution in [0.3, 0.4) is 0 Å². The molecule has 3 atom stereocenters. The van der Waals surface area contributed by atoms with Gasteiger partial charge in [0.25, 0.3) is 0 Å². The highest BCUT2D eigenvalue weighted by Gasteiger charge is 2.36. The van der Waals surface area contributed by atoms with E-state index in [0.29, 0.717) is 29.7 Å². The Kier molecular flexibility index (Phi) is 5.89. The van der Waals surface area contributed by atoms with Crippen LogP contribution in [0.5, 0.6) is 0 Å². The summed E-state index contributed by atoms with van der Waals surface area (Å²) in [4.78, 5) is 23.3. The molecule has 6 heteroatoms. The van der Waals surface area contributed by atoms with Crippen LogP contribution in [0, 0.1) is 12.8 Å². The summed E-state index contributed by atoms with van der Waals surface area (Å²) in [6, 6.07) is 0.289. The number of anilines is 1. The number of piperidine rings is 1. The van der Waals surface area contributed by atoms with Gasteiger partial charge in [0.2, 0.25) is 5.95 Å². The van der Waals surface area contributed by atoms with Crippen molar-refractivity contribution in [3.63, 3.8) is 0 Å². The minimum atomic E-state index is -0.371. The Bertz CT molecular complexity index is 608. The zero-order chi connectivity index (χ0) is 17.8. The van der Waals surface area contributed by atoms with Gasteiger partial charge in [-0.1, -0.05) is 12.8 Å². The van der Waals surface area contributed by atoms with E-state index in [1.165, 1.54) is 12.8 Å². The van der Waals surface area contributed by atoms with E-state index in [-0.39, 0.29) is 18.1 Å². The quantitative estimate of drug-likeness (QED) is 0.844. The van der Waals surface area contributed by atoms with Crippen molar-refractivity contribution in [2.24, 2.45) is 5.92 Å². The Hall–Kier alpha value is -1.69. The Labute approximate surface area is 149 Å². The smallest absolute Gasteiger partial charge is 0.341 e. The van der Waals surface area contributed by atoms with Gasteiger partial charge in [0.05, 0.1) is 24.0 Å². The summed E-state index contributed by atoms with van der Waals surface area (Å²) in [5.41, 5.74) is 1.08. The monoisotopic (exact) mass is 347 g/mol. The molecule has 6 nitrogen and oxygen atoms in total. The van der Waals surface area contributed by atoms with E-state index < -0.39 is 0 Å². The van der Waals surface area contributed by atoms with E-state index in [2.05, 4.69) is 14.9 Å². The molecule has 1 N–H and O–H groups in total. The molecule has 0 spiro atoms. The molecule has 2 fully saturated rings. The van der Waals surface area contributed by atoms with Crippen LogP contribution in [0.1, 0.15) is 67.9 Å². The maximum absolute atomic E-state index is 12.0. The Balaban J connectivity index is 1.82. The topological polar surface area (TPSA) is 75.5 Å². The Morgan fingerprint density at radius 2 is 2.04 bits per heavy atom. The molecule has 1 saturated carbocycles. The molecule has 3 unspecified atom stereocenters. The number of ether oxygens (including phenoxy) is 1. The molecule has 138 valence electrons. The lowest BCUT2D eigenvalue weighted by Crippen LogP contribution is -2.49. The lowest BCUT2D eigenvalue weighted by atomic mass is 9.78. The number of carbonyl (C=O) groups is 1. The highest BCUT2D eigenvalue weighted by molar-refractivity contribution is 5.90. The maximum atomic E-state index is 12.0. The third-order valence-electron chi connectivity index (χ3n) is 5.54. The normalized spacial score (nSPS) is 27.2. The molecular formula is C19H29N3O3. The largest absolute Gasteiger partial charge is 0.462 e. The molecule has 2 aliphatic rings. The summed E-state index contributed by atoms with van der Waals surface area (Å²) in [5.74, 6) is 0.597. The first-order chi connectivity index (χ1) is 12.1. The first-order valence-corrected chi connectivity index (χ1v) is 9.57. The van der Waals surface area contributed by atoms with Crippen molar-refractivity contribution in [3.8, 4) is 0 Å². The van der Waals surface area contributed by atoms with E-state index in [9.17, 15) is 9.90 Å². The second-order valence-electron chi connectivity index (χ2n) is 7.16. The number of aliphatic hydroxyl groups excluding tert-OH is 1. The summed E-state index contributed by atoms with van der Waals surface area (Å²) in [6.45, 7) is 4.86. The predicted molar refractivity (Wildman–Crippen MR) is 95.7 cm³/mol. The van der Waals surface area contributed by atoms with Crippen LogP contribution in [-0.4, -0.2) is 46.3 Å². The van der Waals surface area contributed by atoms with Gasteiger partial charge < -0.3 is 14.7 Å². The van der Waals surface area contributed by atoms with Crippen molar-refractivity contribution in [1.82, 2.24) is 9.97 Å². The number of rotatable bonds is 4. The number of hydrogen-bond donors (Lipinski definition) is 1. The van der Waals surface area contributed by atoms with Gasteiger partial charge in [0.1, 0.15) is 0 Å². The second kappa shape index (κ2) is 8.13. The van der Waals surface area contributed by atoms with Gasteiger partial charge in [0, 0.05) is 24.7 Å². The van der Waals surface area contributed by atoms with Crippen molar-refractivity contribution in [3.05, 3.63) is 17.5 Å². The fourth-order valence-electron chi connectivity index (χ4n) is 4.24. The van der Waals surface area contributed by atoms with Gasteiger partial charge in [-0.05, 0) is 46.0 Å². The third kappa shape index (κ3) is 3.94. The van der Waals surface area contributed by atoms with Gasteiger partial charge in [0.15, 0.2) is 0 Å². The Morgan fingerprint density at radius 1 is 1.28 bits per heavy atom. The zero-order valence-electron chi connectivity index (χ0n) is 15.3. The molecule has 25 heavy (non-hydrogen) atoms. The standard InChI is InChI=1S/C19H29N3O3/c1-3-25-18(24)15-12-20-19(21-13(15)2)22-11-7-6-9-16(22)14-8-4-5-10-17(14)23/h12,14,16-17,23H,3-11H2,1-2H3. The summed E-state index contributed by atoms with van der Waals surface area (Å²) in [7, 11) is 0. The number of hydrogen-bond acceptors (Lipinski definition) is 6. The highest BCUT2D eigenvalue weighted by Crippen LogP contribution is 2.35. The maximum Gasteiger partial charge on any atom is 0.341 e. The van der Waals surface area contributed by atoms with Crippen LogP contribution in [-0.2, 0) is 4.74 Å². The van der Waals surface area contributed by atoms with E-state index in [4.69, 9.17) is 4.74 Å². The van der Waals surface area contributed by atoms with E-state index in [0.717, 1.165) is 38.6 Å². The van der Waals surface area contributed by atoms with Crippen LogP contribution in [0.15, 0.2) is 6.20 Å². The number of carbonyl (C=O) groups excluding carboxylic acids is 1. The number of aryl methyl sites for hydroxylation is 1. The van der Waals surface area contributed by atoms with Gasteiger partial charge in [-0.15, -0.1) is 0 Å². The van der Waals surface area contributed by atoms with Crippen LogP contribution < -0.4 is 4.90 Å². The molecular weight excluding hydrogens is 318 g/mol. The molecule has 1 saturated heterocycles. The lowest BCUT2D eigenvalue weighted by Gasteiger charge is -2.43. The van der Waals surface area contributed by atoms with Crippen molar-refractivity contribution in [1.29, 1.82) is 0 Å². The van der Waals surface area contributed by atoms with E-state index in [1.807, 2.05) is 6.92 Å². The SMILES string of the molecule is CCOC(=O)c1cnc(N2CCCCC2C2CCCCC2O)nc1C. The molecule has 1 aliphatic heterocycles. The zero-order valence-corrected chi connectivity index (χ0v) is 15.3. The average Bonchev–Trinajstić information content (AvgIpc) is 2.62. The predicted octanol–water partition coefficient (Wildman–Crippen LogP) is 2.87. The highest BCUT2D eigenvalue weighted by atomic mass is 16.5. The fourth-order valence-corrected chi connectivity index (χ4v) is 4.24. The first-order valence-electron chi connectivity index (χ1n) is 9.57. The molecule has 0 radical (unpaired) electrons. The van der Waals surface area contributed by atoms with Crippen LogP contribution >= 0.6 is 0 Å². The molecule has 3 rings (SSSR count). The molecule has 1 aromatic heterocycles. The number of aromatic nitrogens is 2. The van der Waals surface area contributed by atoms with Gasteiger partial charge >= 0.3 is 5.97 Å². The minimum Gasteiger partial charge on any atom is -0.462 e. The number of aliphatic hydroxyl groups is 1. The summed E-state index contributed by atoms with van der Waals surface area (Å²) in [5, 5.41) is 10.5. The molecule has 0 bridgehead atoms. The third-order valence-corrected chi connectivity index (χ3v) is 5.54. The van der Waals surface area contributed by atoms with Gasteiger partial charge in [-0.25, -0.2) is 14.8 Å². The fraction of sp³-hybridized carbons (Fsp3) is 0.737. The van der Waals surface area contributed by atoms with E-state index >= 15 is 0 Å². The number of esters is 1. The Morgan fingerprint density at radius 3 is 2.76 bits per heavy atom. The molecule has 0 aromatic carbocycles. The summed E-state index contributed by atoms with van der Waals surface area (Å²) >= 11 is 0. The molecule has 0 amide bonds. The van der Waals surface area contributed by atoms with Crippen LogP contribution in [0.2, 0.25) is 0 Å². The van der Waals surface area contributed by atoms with Crippen molar-refractivity contribution in [2.75, 3.05) is 18.1 Å². The molecule has 1 aromatic rings. The van der Waals surface area contributed by atoms with Crippen molar-refractivity contribution in [2.45, 2.75) is 70.9 Å². The van der Waals surface area contributed by atoms with Crippen LogP contribution in [0.25, 0.3) is 0 Å². The average molecular weight is 347 g/mol. The van der Waals surface area contributed by atoms with E-state index in [1.54, 1.807) is 13.1 Å². The molecule has 1 aliphatic carbocycles. The summed E-state index contributed by atoms with van der Waals surface area (Å²) in [6.07, 6.45) is 9.01. The first kappa shape index (κ1) is 18.1. The van der Waals surface area contributed by atoms with Crippen molar-refractivity contribution >= 4 is 11.9 Å². The van der Waals surface area contributed by atoms with Gasteiger partial charge in [-0.3, -0.25) is 0 Å². The second-order valence-corrected chi connectivity index (χ2v) is 7.16. The van der Waals surface area contributed by atoms with Crippen molar-refractivity contribution < 1.29 is 14.6 Å². The van der Waals surface area contributed by atoms with Gasteiger partial charge in [-0.2, -0.15) is 0 Å². The van der Waals surface area contributed by atoms with Crippen LogP contribution in [0.4, 0.5) is 5.95 Å².